The van der Waals surface area contributed by atoms with Gasteiger partial charge >= 0.3 is 0 Å². The Morgan fingerprint density at radius 1 is 1.41 bits per heavy atom. The third-order valence-corrected chi connectivity index (χ3v) is 4.07. The molecule has 0 bridgehead atoms. The van der Waals surface area contributed by atoms with Crippen LogP contribution in [0.5, 0.6) is 0 Å². The molecule has 2 nitrogen and oxygen atoms in total. The Bertz CT molecular complexity index is 402. The van der Waals surface area contributed by atoms with Crippen molar-refractivity contribution in [1.29, 1.82) is 0 Å². The van der Waals surface area contributed by atoms with Crippen molar-refractivity contribution in [1.82, 2.24) is 5.32 Å². The minimum atomic E-state index is 0.121. The molecule has 1 saturated heterocycles. The van der Waals surface area contributed by atoms with Crippen molar-refractivity contribution in [2.45, 2.75) is 52.3 Å². The van der Waals surface area contributed by atoms with Crippen LogP contribution in [0.15, 0.2) is 18.2 Å². The molecule has 2 rings (SSSR count). The van der Waals surface area contributed by atoms with Crippen molar-refractivity contribution < 1.29 is 4.74 Å². The Kier molecular flexibility index (Phi) is 3.55. The summed E-state index contributed by atoms with van der Waals surface area (Å²) in [6.07, 6.45) is 1.39. The van der Waals surface area contributed by atoms with Gasteiger partial charge in [0.25, 0.3) is 0 Å². The molecule has 1 aliphatic rings. The SMILES string of the molecule is Cc1ccc(C)c(CNC2(C)CCOC2C)c1. The number of ether oxygens (including phenoxy) is 1. The van der Waals surface area contributed by atoms with Gasteiger partial charge in [0.2, 0.25) is 0 Å². The fourth-order valence-corrected chi connectivity index (χ4v) is 2.35. The third-order valence-electron chi connectivity index (χ3n) is 4.07. The normalized spacial score (nSPS) is 28.6. The number of benzene rings is 1. The molecule has 1 aliphatic heterocycles. The van der Waals surface area contributed by atoms with Crippen LogP contribution in [-0.2, 0) is 11.3 Å². The van der Waals surface area contributed by atoms with E-state index in [4.69, 9.17) is 4.74 Å². The summed E-state index contributed by atoms with van der Waals surface area (Å²) in [6.45, 7) is 10.5. The van der Waals surface area contributed by atoms with Crippen LogP contribution in [0.4, 0.5) is 0 Å². The zero-order valence-electron chi connectivity index (χ0n) is 11.3. The van der Waals surface area contributed by atoms with Crippen molar-refractivity contribution in [3.8, 4) is 0 Å². The van der Waals surface area contributed by atoms with E-state index >= 15 is 0 Å². The molecule has 1 N–H and O–H groups in total. The van der Waals surface area contributed by atoms with Crippen LogP contribution in [0.3, 0.4) is 0 Å². The quantitative estimate of drug-likeness (QED) is 0.866. The summed E-state index contributed by atoms with van der Waals surface area (Å²) in [4.78, 5) is 0. The zero-order chi connectivity index (χ0) is 12.5. The highest BCUT2D eigenvalue weighted by Gasteiger charge is 2.36. The van der Waals surface area contributed by atoms with Crippen molar-refractivity contribution in [3.63, 3.8) is 0 Å². The van der Waals surface area contributed by atoms with E-state index in [1.807, 2.05) is 0 Å². The van der Waals surface area contributed by atoms with Crippen LogP contribution in [0.1, 0.15) is 37.0 Å². The van der Waals surface area contributed by atoms with Crippen LogP contribution in [0.25, 0.3) is 0 Å². The standard InChI is InChI=1S/C15H23NO/c1-11-5-6-12(2)14(9-11)10-16-15(4)7-8-17-13(15)3/h5-6,9,13,16H,7-8,10H2,1-4H3. The molecular weight excluding hydrogens is 210 g/mol. The minimum absolute atomic E-state index is 0.121. The van der Waals surface area contributed by atoms with Gasteiger partial charge in [-0.15, -0.1) is 0 Å². The number of aryl methyl sites for hydroxylation is 2. The smallest absolute Gasteiger partial charge is 0.0726 e. The van der Waals surface area contributed by atoms with Gasteiger partial charge in [0.1, 0.15) is 0 Å². The summed E-state index contributed by atoms with van der Waals surface area (Å²) in [5, 5.41) is 3.67. The highest BCUT2D eigenvalue weighted by atomic mass is 16.5. The lowest BCUT2D eigenvalue weighted by Crippen LogP contribution is -2.47. The predicted octanol–water partition coefficient (Wildman–Crippen LogP) is 2.96. The third kappa shape index (κ3) is 2.70. The second kappa shape index (κ2) is 4.79. The first-order valence-corrected chi connectivity index (χ1v) is 6.44. The molecule has 1 fully saturated rings. The Morgan fingerprint density at radius 2 is 2.18 bits per heavy atom. The summed E-state index contributed by atoms with van der Waals surface area (Å²) < 4.78 is 5.65. The van der Waals surface area contributed by atoms with E-state index in [0.717, 1.165) is 19.6 Å². The Hall–Kier alpha value is -0.860. The Balaban J connectivity index is 2.04. The van der Waals surface area contributed by atoms with E-state index in [2.05, 4.69) is 51.2 Å². The highest BCUT2D eigenvalue weighted by molar-refractivity contribution is 5.30. The summed E-state index contributed by atoms with van der Waals surface area (Å²) >= 11 is 0. The van der Waals surface area contributed by atoms with Gasteiger partial charge < -0.3 is 10.1 Å². The van der Waals surface area contributed by atoms with Gasteiger partial charge in [-0.3, -0.25) is 0 Å². The zero-order valence-corrected chi connectivity index (χ0v) is 11.3. The molecule has 94 valence electrons. The summed E-state index contributed by atoms with van der Waals surface area (Å²) in [6, 6.07) is 6.64. The molecule has 0 radical (unpaired) electrons. The first-order valence-electron chi connectivity index (χ1n) is 6.44. The summed E-state index contributed by atoms with van der Waals surface area (Å²) in [7, 11) is 0. The Morgan fingerprint density at radius 3 is 2.82 bits per heavy atom. The fourth-order valence-electron chi connectivity index (χ4n) is 2.35. The molecule has 1 aromatic carbocycles. The minimum Gasteiger partial charge on any atom is -0.377 e. The molecule has 0 aromatic heterocycles. The van der Waals surface area contributed by atoms with Crippen molar-refractivity contribution >= 4 is 0 Å². The van der Waals surface area contributed by atoms with Crippen molar-refractivity contribution in [2.24, 2.45) is 0 Å². The molecular formula is C15H23NO. The maximum Gasteiger partial charge on any atom is 0.0726 e. The molecule has 2 atom stereocenters. The molecule has 17 heavy (non-hydrogen) atoms. The van der Waals surface area contributed by atoms with Gasteiger partial charge in [0, 0.05) is 18.7 Å². The second-order valence-electron chi connectivity index (χ2n) is 5.46. The highest BCUT2D eigenvalue weighted by Crippen LogP contribution is 2.25. The second-order valence-corrected chi connectivity index (χ2v) is 5.46. The molecule has 0 saturated carbocycles. The van der Waals surface area contributed by atoms with Crippen LogP contribution >= 0.6 is 0 Å². The van der Waals surface area contributed by atoms with Gasteiger partial charge in [-0.05, 0) is 45.2 Å². The van der Waals surface area contributed by atoms with Crippen LogP contribution in [0, 0.1) is 13.8 Å². The number of nitrogens with one attached hydrogen (secondary N) is 1. The molecule has 2 heteroatoms. The molecule has 0 amide bonds. The van der Waals surface area contributed by atoms with Crippen molar-refractivity contribution in [3.05, 3.63) is 34.9 Å². The van der Waals surface area contributed by atoms with Crippen LogP contribution in [0.2, 0.25) is 0 Å². The lowest BCUT2D eigenvalue weighted by molar-refractivity contribution is 0.0881. The van der Waals surface area contributed by atoms with E-state index in [1.165, 1.54) is 16.7 Å². The van der Waals surface area contributed by atoms with Crippen LogP contribution < -0.4 is 5.32 Å². The number of rotatable bonds is 3. The first kappa shape index (κ1) is 12.6. The summed E-state index contributed by atoms with van der Waals surface area (Å²) in [5.41, 5.74) is 4.20. The Labute approximate surface area is 104 Å². The van der Waals surface area contributed by atoms with Crippen LogP contribution in [-0.4, -0.2) is 18.2 Å². The van der Waals surface area contributed by atoms with E-state index < -0.39 is 0 Å². The lowest BCUT2D eigenvalue weighted by atomic mass is 9.94. The summed E-state index contributed by atoms with van der Waals surface area (Å²) in [5.74, 6) is 0. The largest absolute Gasteiger partial charge is 0.377 e. The maximum absolute atomic E-state index is 5.65. The van der Waals surface area contributed by atoms with E-state index in [1.54, 1.807) is 0 Å². The lowest BCUT2D eigenvalue weighted by Gasteiger charge is -2.29. The average Bonchev–Trinajstić information content (AvgIpc) is 2.61. The molecule has 1 aromatic rings. The maximum atomic E-state index is 5.65. The first-order chi connectivity index (χ1) is 8.01. The van der Waals surface area contributed by atoms with Gasteiger partial charge in [0.15, 0.2) is 0 Å². The van der Waals surface area contributed by atoms with Gasteiger partial charge in [-0.1, -0.05) is 23.8 Å². The van der Waals surface area contributed by atoms with Gasteiger partial charge in [-0.25, -0.2) is 0 Å². The number of hydrogen-bond donors (Lipinski definition) is 1. The fraction of sp³-hybridized carbons (Fsp3) is 0.600. The predicted molar refractivity (Wildman–Crippen MR) is 71.2 cm³/mol. The van der Waals surface area contributed by atoms with Gasteiger partial charge in [0.05, 0.1) is 6.10 Å². The monoisotopic (exact) mass is 233 g/mol. The topological polar surface area (TPSA) is 21.3 Å². The van der Waals surface area contributed by atoms with E-state index in [9.17, 15) is 0 Å². The van der Waals surface area contributed by atoms with E-state index in [-0.39, 0.29) is 5.54 Å². The van der Waals surface area contributed by atoms with Gasteiger partial charge in [-0.2, -0.15) is 0 Å². The molecule has 0 aliphatic carbocycles. The van der Waals surface area contributed by atoms with E-state index in [0.29, 0.717) is 6.10 Å². The van der Waals surface area contributed by atoms with Crippen molar-refractivity contribution in [2.75, 3.05) is 6.61 Å². The molecule has 0 spiro atoms. The average molecular weight is 233 g/mol. The molecule has 2 unspecified atom stereocenters. The molecule has 1 heterocycles. The number of hydrogen-bond acceptors (Lipinski definition) is 2.